The number of hydrogen-bond donors (Lipinski definition) is 4. The largest absolute Gasteiger partial charge is 0.311 e. The monoisotopic (exact) mass is 562 g/mol. The Morgan fingerprint density at radius 3 is 1.51 bits per heavy atom. The van der Waals surface area contributed by atoms with Gasteiger partial charge in [-0.1, -0.05) is 31.7 Å². The van der Waals surface area contributed by atoms with Gasteiger partial charge in [-0.3, -0.25) is 4.98 Å². The van der Waals surface area contributed by atoms with Gasteiger partial charge in [0.2, 0.25) is 0 Å². The van der Waals surface area contributed by atoms with E-state index in [4.69, 9.17) is 25.2 Å². The van der Waals surface area contributed by atoms with Gasteiger partial charge >= 0.3 is 33.3 Å². The molecule has 5 nitrogen and oxygen atoms in total. The number of nitrogens with one attached hydrogen (secondary N) is 4. The molecule has 8 heteroatoms. The standard InChI is InChI=1S/C27H43N5.2ClH.Mn/c1-3-11-22-20(9-1)28-15-16-29-21-10-2-4-12-23(21)31-25-14-6-8-19-17-18-7-5-13-24(30-22)26(18)32-27(19)25;;;/h17,20-25,28-31H,1-16H2;2*1H;/q;;;+2/p-2. The van der Waals surface area contributed by atoms with Crippen LogP contribution in [-0.2, 0) is 26.0 Å². The quantitative estimate of drug-likeness (QED) is 0.327. The van der Waals surface area contributed by atoms with Gasteiger partial charge < -0.3 is 21.3 Å². The van der Waals surface area contributed by atoms with E-state index in [1.54, 1.807) is 0 Å². The van der Waals surface area contributed by atoms with Crippen LogP contribution in [0.5, 0.6) is 0 Å². The Labute approximate surface area is 226 Å². The minimum Gasteiger partial charge on any atom is -0.311 e. The molecular formula is C27H43Cl2MnN5. The summed E-state index contributed by atoms with van der Waals surface area (Å²) in [7, 11) is 9.59. The molecule has 1 aromatic heterocycles. The Kier molecular flexibility index (Phi) is 10.1. The Balaban J connectivity index is 0.000000806. The van der Waals surface area contributed by atoms with Crippen molar-refractivity contribution in [2.45, 2.75) is 126 Å². The maximum Gasteiger partial charge on any atom is 0.0609 e. The normalized spacial score (nSPS) is 35.3. The number of pyridine rings is 1. The van der Waals surface area contributed by atoms with Crippen molar-refractivity contribution in [3.8, 4) is 0 Å². The summed E-state index contributed by atoms with van der Waals surface area (Å²) < 4.78 is 0. The van der Waals surface area contributed by atoms with Crippen LogP contribution in [-0.4, -0.2) is 42.2 Å². The van der Waals surface area contributed by atoms with Gasteiger partial charge in [0.05, 0.1) is 23.5 Å². The fourth-order valence-corrected chi connectivity index (χ4v) is 7.41. The SMILES string of the molecule is [Cl][Mn][Cl].c1c2c3nc4c1CCCC4NC1CCCCC1NCCNC1CCCCC1NC3CCC2. The first kappa shape index (κ1) is 26.7. The molecule has 0 radical (unpaired) electrons. The zero-order chi connectivity index (χ0) is 24.0. The minimum absolute atomic E-state index is 0.00694. The molecule has 1 aromatic rings. The summed E-state index contributed by atoms with van der Waals surface area (Å²) in [6.07, 6.45) is 18.2. The molecule has 1 aliphatic heterocycles. The number of fused-ring (bicyclic) bond motifs is 2. The van der Waals surface area contributed by atoms with Crippen molar-refractivity contribution in [1.29, 1.82) is 0 Å². The molecule has 6 atom stereocenters. The second-order valence-electron chi connectivity index (χ2n) is 11.3. The zero-order valence-electron chi connectivity index (χ0n) is 20.9. The Morgan fingerprint density at radius 2 is 1.06 bits per heavy atom. The number of nitrogens with zero attached hydrogens (tertiary/aromatic N) is 1. The molecule has 0 spiro atoms. The first-order chi connectivity index (χ1) is 17.3. The Morgan fingerprint density at radius 1 is 0.629 bits per heavy atom. The molecule has 0 amide bonds. The molecule has 2 heterocycles. The van der Waals surface area contributed by atoms with E-state index >= 15 is 0 Å². The van der Waals surface area contributed by atoms with Crippen molar-refractivity contribution >= 4 is 20.2 Å². The van der Waals surface area contributed by atoms with Gasteiger partial charge in [0.25, 0.3) is 0 Å². The van der Waals surface area contributed by atoms with Crippen LogP contribution in [0, 0.1) is 0 Å². The van der Waals surface area contributed by atoms with Crippen LogP contribution in [0.3, 0.4) is 0 Å². The van der Waals surface area contributed by atoms with E-state index in [-0.39, 0.29) is 13.1 Å². The average Bonchev–Trinajstić information content (AvgIpc) is 2.88. The second kappa shape index (κ2) is 13.2. The molecular weight excluding hydrogens is 520 g/mol. The summed E-state index contributed by atoms with van der Waals surface area (Å²) >= 11 is 0.00694. The van der Waals surface area contributed by atoms with E-state index in [1.807, 2.05) is 0 Å². The third-order valence-electron chi connectivity index (χ3n) is 9.09. The van der Waals surface area contributed by atoms with Crippen LogP contribution in [0.4, 0.5) is 0 Å². The van der Waals surface area contributed by atoms with Crippen molar-refractivity contribution in [3.63, 3.8) is 0 Å². The van der Waals surface area contributed by atoms with Gasteiger partial charge in [0.15, 0.2) is 0 Å². The molecule has 0 saturated heterocycles. The third kappa shape index (κ3) is 6.57. The Bertz CT molecular complexity index is 766. The molecule has 197 valence electrons. The summed E-state index contributed by atoms with van der Waals surface area (Å²) in [4.78, 5) is 5.50. The van der Waals surface area contributed by atoms with Crippen molar-refractivity contribution in [1.82, 2.24) is 26.3 Å². The van der Waals surface area contributed by atoms with Gasteiger partial charge in [-0.05, 0) is 75.3 Å². The van der Waals surface area contributed by atoms with Gasteiger partial charge in [0.1, 0.15) is 0 Å². The predicted molar refractivity (Wildman–Crippen MR) is 142 cm³/mol. The summed E-state index contributed by atoms with van der Waals surface area (Å²) in [6, 6.07) is 5.80. The maximum absolute atomic E-state index is 5.50. The first-order valence-electron chi connectivity index (χ1n) is 14.2. The smallest absolute Gasteiger partial charge is 0.0609 e. The van der Waals surface area contributed by atoms with Gasteiger partial charge in [-0.2, -0.15) is 0 Å². The molecule has 35 heavy (non-hydrogen) atoms. The third-order valence-corrected chi connectivity index (χ3v) is 9.09. The Hall–Kier alpha value is 0.0895. The number of rotatable bonds is 0. The van der Waals surface area contributed by atoms with E-state index in [9.17, 15) is 0 Å². The number of aromatic nitrogens is 1. The first-order valence-corrected chi connectivity index (χ1v) is 17.4. The summed E-state index contributed by atoms with van der Waals surface area (Å²) in [5.41, 5.74) is 5.85. The van der Waals surface area contributed by atoms with Crippen molar-refractivity contribution in [2.75, 3.05) is 13.1 Å². The molecule has 4 aliphatic carbocycles. The van der Waals surface area contributed by atoms with E-state index in [1.165, 1.54) is 112 Å². The molecule has 6 rings (SSSR count). The molecule has 4 N–H and O–H groups in total. The fraction of sp³-hybridized carbons (Fsp3) is 0.815. The second-order valence-corrected chi connectivity index (χ2v) is 13.2. The number of halogens is 2. The van der Waals surface area contributed by atoms with E-state index in [2.05, 4.69) is 27.3 Å². The van der Waals surface area contributed by atoms with E-state index in [0.29, 0.717) is 36.3 Å². The minimum atomic E-state index is 0.00694. The zero-order valence-corrected chi connectivity index (χ0v) is 23.6. The van der Waals surface area contributed by atoms with Crippen LogP contribution in [0.1, 0.15) is 112 Å². The van der Waals surface area contributed by atoms with Crippen molar-refractivity contribution in [3.05, 3.63) is 28.6 Å². The molecule has 2 saturated carbocycles. The summed E-state index contributed by atoms with van der Waals surface area (Å²) in [6.45, 7) is 2.17. The molecule has 5 aliphatic rings. The topological polar surface area (TPSA) is 61.0 Å². The maximum atomic E-state index is 5.50. The van der Waals surface area contributed by atoms with E-state index in [0.717, 1.165) is 13.1 Å². The molecule has 6 unspecified atom stereocenters. The van der Waals surface area contributed by atoms with Gasteiger partial charge in [-0.25, -0.2) is 0 Å². The number of hydrogen-bond acceptors (Lipinski definition) is 5. The predicted octanol–water partition coefficient (Wildman–Crippen LogP) is 5.21. The van der Waals surface area contributed by atoms with Crippen LogP contribution in [0.15, 0.2) is 6.07 Å². The van der Waals surface area contributed by atoms with Gasteiger partial charge in [0, 0.05) is 37.3 Å². The van der Waals surface area contributed by atoms with Crippen LogP contribution < -0.4 is 21.3 Å². The average molecular weight is 564 g/mol. The van der Waals surface area contributed by atoms with Crippen molar-refractivity contribution < 1.29 is 13.1 Å². The van der Waals surface area contributed by atoms with Crippen LogP contribution >= 0.6 is 20.2 Å². The van der Waals surface area contributed by atoms with Gasteiger partial charge in [-0.15, -0.1) is 0 Å². The number of aryl methyl sites for hydroxylation is 2. The fourth-order valence-electron chi connectivity index (χ4n) is 7.41. The van der Waals surface area contributed by atoms with Crippen LogP contribution in [0.25, 0.3) is 0 Å². The molecule has 2 bridgehead atoms. The van der Waals surface area contributed by atoms with E-state index < -0.39 is 0 Å². The molecule has 0 aromatic carbocycles. The molecule has 2 fully saturated rings. The summed E-state index contributed by atoms with van der Waals surface area (Å²) in [5.74, 6) is 0. The van der Waals surface area contributed by atoms with Crippen molar-refractivity contribution in [2.24, 2.45) is 0 Å². The van der Waals surface area contributed by atoms with Crippen LogP contribution in [0.2, 0.25) is 0 Å². The summed E-state index contributed by atoms with van der Waals surface area (Å²) in [5, 5.41) is 16.1.